The van der Waals surface area contributed by atoms with Crippen LogP contribution in [0.2, 0.25) is 0 Å². The topological polar surface area (TPSA) is 65.8 Å². The molecule has 0 atom stereocenters. The molecule has 1 aliphatic heterocycles. The molecule has 3 rings (SSSR count). The second-order valence-corrected chi connectivity index (χ2v) is 6.17. The number of nitrogens with zero attached hydrogens (tertiary/aromatic N) is 2. The lowest BCUT2D eigenvalue weighted by atomic mass is 10.1. The Bertz CT molecular complexity index is 719. The van der Waals surface area contributed by atoms with Crippen molar-refractivity contribution in [3.63, 3.8) is 0 Å². The van der Waals surface area contributed by atoms with Crippen LogP contribution in [0, 0.1) is 6.92 Å². The van der Waals surface area contributed by atoms with E-state index in [2.05, 4.69) is 29.3 Å². The van der Waals surface area contributed by atoms with Crippen molar-refractivity contribution < 1.29 is 14.0 Å². The monoisotopic (exact) mass is 341 g/mol. The number of amides is 2. The maximum atomic E-state index is 12.3. The van der Waals surface area contributed by atoms with Gasteiger partial charge in [-0.2, -0.15) is 0 Å². The molecule has 25 heavy (non-hydrogen) atoms. The Kier molecular flexibility index (Phi) is 5.38. The summed E-state index contributed by atoms with van der Waals surface area (Å²) in [7, 11) is 0. The van der Waals surface area contributed by atoms with E-state index in [0.29, 0.717) is 31.6 Å². The van der Waals surface area contributed by atoms with Gasteiger partial charge in [-0.15, -0.1) is 0 Å². The van der Waals surface area contributed by atoms with Gasteiger partial charge in [0.25, 0.3) is 5.91 Å². The molecule has 0 spiro atoms. The van der Waals surface area contributed by atoms with E-state index in [1.165, 1.54) is 23.8 Å². The number of nitrogens with one attached hydrogen (secondary N) is 1. The molecule has 0 aliphatic carbocycles. The van der Waals surface area contributed by atoms with Crippen LogP contribution in [0.15, 0.2) is 47.3 Å². The Morgan fingerprint density at radius 1 is 1.12 bits per heavy atom. The van der Waals surface area contributed by atoms with Crippen molar-refractivity contribution in [2.24, 2.45) is 0 Å². The molecule has 0 radical (unpaired) electrons. The second kappa shape index (κ2) is 7.88. The van der Waals surface area contributed by atoms with Gasteiger partial charge in [0.05, 0.1) is 11.8 Å². The van der Waals surface area contributed by atoms with E-state index in [1.54, 1.807) is 6.07 Å². The zero-order valence-corrected chi connectivity index (χ0v) is 14.4. The van der Waals surface area contributed by atoms with E-state index in [1.807, 2.05) is 17.0 Å². The van der Waals surface area contributed by atoms with Crippen LogP contribution >= 0.6 is 0 Å². The molecule has 132 valence electrons. The molecule has 1 aromatic heterocycles. The van der Waals surface area contributed by atoms with Crippen molar-refractivity contribution in [2.75, 3.05) is 37.6 Å². The van der Waals surface area contributed by atoms with Crippen LogP contribution in [0.25, 0.3) is 0 Å². The molecular formula is C19H23N3O3. The smallest absolute Gasteiger partial charge is 0.254 e. The first-order valence-corrected chi connectivity index (χ1v) is 8.54. The fourth-order valence-electron chi connectivity index (χ4n) is 3.05. The zero-order valence-electron chi connectivity index (χ0n) is 14.4. The van der Waals surface area contributed by atoms with E-state index >= 15 is 0 Å². The van der Waals surface area contributed by atoms with Gasteiger partial charge in [0.1, 0.15) is 6.26 Å². The third kappa shape index (κ3) is 4.21. The van der Waals surface area contributed by atoms with Crippen molar-refractivity contribution in [1.29, 1.82) is 0 Å². The summed E-state index contributed by atoms with van der Waals surface area (Å²) in [4.78, 5) is 28.3. The first-order valence-electron chi connectivity index (χ1n) is 8.54. The Morgan fingerprint density at radius 2 is 1.88 bits per heavy atom. The van der Waals surface area contributed by atoms with Gasteiger partial charge < -0.3 is 19.5 Å². The molecule has 0 unspecified atom stereocenters. The maximum absolute atomic E-state index is 12.3. The largest absolute Gasteiger partial charge is 0.472 e. The predicted octanol–water partition coefficient (Wildman–Crippen LogP) is 2.06. The SMILES string of the molecule is Cc1ccccc1N1CCN(C(=O)CCNC(=O)c2ccoc2)CC1. The van der Waals surface area contributed by atoms with Crippen LogP contribution < -0.4 is 10.2 Å². The Labute approximate surface area is 147 Å². The highest BCUT2D eigenvalue weighted by Gasteiger charge is 2.21. The molecule has 1 aliphatic rings. The summed E-state index contributed by atoms with van der Waals surface area (Å²) in [6.07, 6.45) is 3.16. The van der Waals surface area contributed by atoms with Gasteiger partial charge in [-0.3, -0.25) is 9.59 Å². The van der Waals surface area contributed by atoms with E-state index in [0.717, 1.165) is 13.1 Å². The lowest BCUT2D eigenvalue weighted by Crippen LogP contribution is -2.49. The number of anilines is 1. The Balaban J connectivity index is 1.42. The van der Waals surface area contributed by atoms with Gasteiger partial charge in [0.15, 0.2) is 0 Å². The van der Waals surface area contributed by atoms with Crippen molar-refractivity contribution >= 4 is 17.5 Å². The number of piperazine rings is 1. The summed E-state index contributed by atoms with van der Waals surface area (Å²) >= 11 is 0. The molecular weight excluding hydrogens is 318 g/mol. The highest BCUT2D eigenvalue weighted by atomic mass is 16.3. The molecule has 6 heteroatoms. The number of para-hydroxylation sites is 1. The van der Waals surface area contributed by atoms with E-state index < -0.39 is 0 Å². The fourth-order valence-corrected chi connectivity index (χ4v) is 3.05. The minimum Gasteiger partial charge on any atom is -0.472 e. The lowest BCUT2D eigenvalue weighted by molar-refractivity contribution is -0.131. The van der Waals surface area contributed by atoms with Gasteiger partial charge in [-0.1, -0.05) is 18.2 Å². The highest BCUT2D eigenvalue weighted by Crippen LogP contribution is 2.20. The normalized spacial score (nSPS) is 14.4. The summed E-state index contributed by atoms with van der Waals surface area (Å²) in [5.41, 5.74) is 2.96. The number of aryl methyl sites for hydroxylation is 1. The van der Waals surface area contributed by atoms with Crippen molar-refractivity contribution in [2.45, 2.75) is 13.3 Å². The average molecular weight is 341 g/mol. The van der Waals surface area contributed by atoms with Crippen LogP contribution in [0.5, 0.6) is 0 Å². The molecule has 2 amide bonds. The van der Waals surface area contributed by atoms with E-state index in [-0.39, 0.29) is 11.8 Å². The van der Waals surface area contributed by atoms with Crippen molar-refractivity contribution in [3.05, 3.63) is 54.0 Å². The van der Waals surface area contributed by atoms with E-state index in [4.69, 9.17) is 4.42 Å². The summed E-state index contributed by atoms with van der Waals surface area (Å²) in [5.74, 6) is -0.136. The fraction of sp³-hybridized carbons (Fsp3) is 0.368. The molecule has 6 nitrogen and oxygen atoms in total. The van der Waals surface area contributed by atoms with Gasteiger partial charge in [-0.25, -0.2) is 0 Å². The molecule has 2 heterocycles. The van der Waals surface area contributed by atoms with Crippen molar-refractivity contribution in [1.82, 2.24) is 10.2 Å². The molecule has 1 saturated heterocycles. The van der Waals surface area contributed by atoms with Gasteiger partial charge in [-0.05, 0) is 24.6 Å². The molecule has 0 saturated carbocycles. The second-order valence-electron chi connectivity index (χ2n) is 6.17. The summed E-state index contributed by atoms with van der Waals surface area (Å²) in [5, 5.41) is 2.74. The summed E-state index contributed by atoms with van der Waals surface area (Å²) < 4.78 is 4.87. The lowest BCUT2D eigenvalue weighted by Gasteiger charge is -2.36. The van der Waals surface area contributed by atoms with Crippen LogP contribution in [0.4, 0.5) is 5.69 Å². The third-order valence-corrected chi connectivity index (χ3v) is 4.50. The van der Waals surface area contributed by atoms with Gasteiger partial charge in [0, 0.05) is 44.8 Å². The number of carbonyl (C=O) groups is 2. The van der Waals surface area contributed by atoms with Crippen molar-refractivity contribution in [3.8, 4) is 0 Å². The predicted molar refractivity (Wildman–Crippen MR) is 95.6 cm³/mol. The van der Waals surface area contributed by atoms with Crippen LogP contribution in [0.1, 0.15) is 22.3 Å². The van der Waals surface area contributed by atoms with Gasteiger partial charge in [0.2, 0.25) is 5.91 Å². The van der Waals surface area contributed by atoms with Crippen LogP contribution in [-0.2, 0) is 4.79 Å². The number of carbonyl (C=O) groups excluding carboxylic acids is 2. The third-order valence-electron chi connectivity index (χ3n) is 4.50. The Morgan fingerprint density at radius 3 is 2.56 bits per heavy atom. The molecule has 0 bridgehead atoms. The quantitative estimate of drug-likeness (QED) is 0.904. The van der Waals surface area contributed by atoms with E-state index in [9.17, 15) is 9.59 Å². The molecule has 1 fully saturated rings. The molecule has 2 aromatic rings. The zero-order chi connectivity index (χ0) is 17.6. The average Bonchev–Trinajstić information content (AvgIpc) is 3.17. The number of benzene rings is 1. The van der Waals surface area contributed by atoms with Crippen LogP contribution in [0.3, 0.4) is 0 Å². The number of furan rings is 1. The minimum atomic E-state index is -0.217. The molecule has 1 N–H and O–H groups in total. The first kappa shape index (κ1) is 17.1. The van der Waals surface area contributed by atoms with Gasteiger partial charge >= 0.3 is 0 Å². The standard InChI is InChI=1S/C19H23N3O3/c1-15-4-2-3-5-17(15)21-9-11-22(12-10-21)18(23)6-8-20-19(24)16-7-13-25-14-16/h2-5,7,13-14H,6,8-12H2,1H3,(H,20,24). The maximum Gasteiger partial charge on any atom is 0.254 e. The number of hydrogen-bond donors (Lipinski definition) is 1. The Hall–Kier alpha value is -2.76. The first-order chi connectivity index (χ1) is 12.1. The summed E-state index contributed by atoms with van der Waals surface area (Å²) in [6.45, 7) is 5.53. The highest BCUT2D eigenvalue weighted by molar-refractivity contribution is 5.94. The summed E-state index contributed by atoms with van der Waals surface area (Å²) in [6, 6.07) is 9.91. The number of rotatable bonds is 5. The minimum absolute atomic E-state index is 0.0805. The van der Waals surface area contributed by atoms with Crippen LogP contribution in [-0.4, -0.2) is 49.4 Å². The molecule has 1 aromatic carbocycles. The number of hydrogen-bond acceptors (Lipinski definition) is 4.